The van der Waals surface area contributed by atoms with Crippen LogP contribution in [-0.4, -0.2) is 20.3 Å². The van der Waals surface area contributed by atoms with Crippen molar-refractivity contribution < 1.29 is 22.7 Å². The van der Waals surface area contributed by atoms with Crippen LogP contribution in [0.1, 0.15) is 16.8 Å². The summed E-state index contributed by atoms with van der Waals surface area (Å²) in [6.07, 6.45) is 1.60. The Hall–Kier alpha value is -3.36. The molecule has 1 amide bonds. The minimum Gasteiger partial charge on any atom is -0.470 e. The van der Waals surface area contributed by atoms with Gasteiger partial charge in [0, 0.05) is 18.6 Å². The van der Waals surface area contributed by atoms with Gasteiger partial charge in [0.25, 0.3) is 5.88 Å². The second kappa shape index (κ2) is 7.48. The van der Waals surface area contributed by atoms with Crippen LogP contribution in [0.25, 0.3) is 5.65 Å². The number of carbonyl (C=O) groups is 1. The summed E-state index contributed by atoms with van der Waals surface area (Å²) in [5, 5.41) is 2.60. The molecule has 0 saturated carbocycles. The molecule has 1 N–H and O–H groups in total. The van der Waals surface area contributed by atoms with E-state index in [4.69, 9.17) is 4.74 Å². The molecule has 1 aromatic carbocycles. The van der Waals surface area contributed by atoms with E-state index in [1.54, 1.807) is 23.0 Å². The van der Waals surface area contributed by atoms with Crippen LogP contribution in [0.15, 0.2) is 55.5 Å². The number of amides is 1. The number of ether oxygens (including phenoxy) is 1. The fraction of sp³-hybridized carbons (Fsp3) is 0.167. The molecule has 27 heavy (non-hydrogen) atoms. The molecular formula is C18H15F3N4O2. The van der Waals surface area contributed by atoms with Gasteiger partial charge < -0.3 is 14.5 Å². The predicted octanol–water partition coefficient (Wildman–Crippen LogP) is 3.13. The highest BCUT2D eigenvalue weighted by Gasteiger charge is 2.30. The number of imidazole rings is 1. The number of hydrogen-bond acceptors (Lipinski definition) is 4. The topological polar surface area (TPSA) is 68.5 Å². The van der Waals surface area contributed by atoms with E-state index in [1.165, 1.54) is 12.1 Å². The average Bonchev–Trinajstić information content (AvgIpc) is 3.12. The second-order valence-corrected chi connectivity index (χ2v) is 5.60. The zero-order chi connectivity index (χ0) is 19.4. The number of nitrogens with one attached hydrogen (secondary N) is 1. The van der Waals surface area contributed by atoms with Crippen molar-refractivity contribution in [2.75, 3.05) is 0 Å². The molecule has 0 spiro atoms. The predicted molar refractivity (Wildman–Crippen MR) is 90.8 cm³/mol. The van der Waals surface area contributed by atoms with Crippen molar-refractivity contribution >= 4 is 11.6 Å². The maximum absolute atomic E-state index is 12.8. The number of carbonyl (C=O) groups excluding carboxylic acids is 1. The monoisotopic (exact) mass is 376 g/mol. The third-order valence-corrected chi connectivity index (χ3v) is 3.65. The van der Waals surface area contributed by atoms with Crippen LogP contribution in [0, 0.1) is 0 Å². The van der Waals surface area contributed by atoms with Crippen molar-refractivity contribution in [2.24, 2.45) is 0 Å². The highest BCUT2D eigenvalue weighted by molar-refractivity contribution is 5.86. The van der Waals surface area contributed by atoms with Crippen molar-refractivity contribution in [3.63, 3.8) is 0 Å². The van der Waals surface area contributed by atoms with E-state index < -0.39 is 11.7 Å². The maximum Gasteiger partial charge on any atom is 0.416 e. The number of benzene rings is 1. The Kier molecular flexibility index (Phi) is 5.11. The number of fused-ring (bicyclic) bond motifs is 1. The van der Waals surface area contributed by atoms with Crippen molar-refractivity contribution in [2.45, 2.75) is 19.3 Å². The van der Waals surface area contributed by atoms with Crippen LogP contribution in [0.2, 0.25) is 0 Å². The first-order valence-corrected chi connectivity index (χ1v) is 7.88. The zero-order valence-electron chi connectivity index (χ0n) is 14.0. The molecular weight excluding hydrogens is 361 g/mol. The van der Waals surface area contributed by atoms with Gasteiger partial charge in [0.2, 0.25) is 5.91 Å². The number of aromatic nitrogens is 3. The number of halogens is 3. The van der Waals surface area contributed by atoms with Crippen LogP contribution in [0.5, 0.6) is 5.88 Å². The number of nitrogens with zero attached hydrogens (tertiary/aromatic N) is 3. The quantitative estimate of drug-likeness (QED) is 0.671. The molecule has 2 heterocycles. The molecule has 2 aromatic heterocycles. The minimum absolute atomic E-state index is 0.109. The number of alkyl halides is 3. The van der Waals surface area contributed by atoms with Gasteiger partial charge in [0.15, 0.2) is 5.65 Å². The fourth-order valence-corrected chi connectivity index (χ4v) is 2.37. The Morgan fingerprint density at radius 2 is 2.19 bits per heavy atom. The Labute approximate surface area is 152 Å². The van der Waals surface area contributed by atoms with Crippen LogP contribution >= 0.6 is 0 Å². The van der Waals surface area contributed by atoms with E-state index in [0.717, 1.165) is 18.2 Å². The average molecular weight is 376 g/mol. The highest BCUT2D eigenvalue weighted by atomic mass is 19.4. The van der Waals surface area contributed by atoms with Gasteiger partial charge in [0.1, 0.15) is 6.61 Å². The summed E-state index contributed by atoms with van der Waals surface area (Å²) >= 11 is 0. The second-order valence-electron chi connectivity index (χ2n) is 5.60. The van der Waals surface area contributed by atoms with Crippen LogP contribution in [0.3, 0.4) is 0 Å². The maximum atomic E-state index is 12.8. The van der Waals surface area contributed by atoms with Gasteiger partial charge in [0.05, 0.1) is 17.8 Å². The molecule has 0 aliphatic carbocycles. The molecule has 0 radical (unpaired) electrons. The van der Waals surface area contributed by atoms with Gasteiger partial charge in [-0.25, -0.2) is 9.97 Å². The van der Waals surface area contributed by atoms with E-state index in [0.29, 0.717) is 16.9 Å². The van der Waals surface area contributed by atoms with Gasteiger partial charge in [-0.2, -0.15) is 13.2 Å². The molecule has 0 atom stereocenters. The molecule has 0 aliphatic rings. The zero-order valence-corrected chi connectivity index (χ0v) is 14.0. The van der Waals surface area contributed by atoms with E-state index in [1.807, 2.05) is 0 Å². The highest BCUT2D eigenvalue weighted by Crippen LogP contribution is 2.29. The first-order chi connectivity index (χ1) is 12.9. The van der Waals surface area contributed by atoms with Crippen LogP contribution in [-0.2, 0) is 24.1 Å². The Morgan fingerprint density at radius 3 is 2.93 bits per heavy atom. The molecule has 0 aliphatic heterocycles. The standard InChI is InChI=1S/C18H15F3N4O2/c1-2-15(26)23-9-14-10-25-7-6-22-16(25)17(24-14)27-11-12-4-3-5-13(8-12)18(19,20)21/h2-8,10H,1,9,11H2,(H,23,26). The lowest BCUT2D eigenvalue weighted by molar-refractivity contribution is -0.137. The third kappa shape index (κ3) is 4.43. The molecule has 9 heteroatoms. The minimum atomic E-state index is -4.42. The van der Waals surface area contributed by atoms with Crippen LogP contribution < -0.4 is 10.1 Å². The number of rotatable bonds is 6. The SMILES string of the molecule is C=CC(=O)NCc1cn2ccnc2c(OCc2cccc(C(F)(F)F)c2)n1. The first-order valence-electron chi connectivity index (χ1n) is 7.88. The third-order valence-electron chi connectivity index (χ3n) is 3.65. The summed E-state index contributed by atoms with van der Waals surface area (Å²) < 4.78 is 45.7. The van der Waals surface area contributed by atoms with Gasteiger partial charge in [-0.1, -0.05) is 18.7 Å². The summed E-state index contributed by atoms with van der Waals surface area (Å²) in [6.45, 7) is 3.40. The van der Waals surface area contributed by atoms with Crippen LogP contribution in [0.4, 0.5) is 13.2 Å². The summed E-state index contributed by atoms with van der Waals surface area (Å²) in [7, 11) is 0. The Bertz CT molecular complexity index is 982. The summed E-state index contributed by atoms with van der Waals surface area (Å²) in [5.41, 5.74) is 0.514. The lowest BCUT2D eigenvalue weighted by atomic mass is 10.1. The molecule has 0 unspecified atom stereocenters. The van der Waals surface area contributed by atoms with Gasteiger partial charge in [-0.15, -0.1) is 0 Å². The lowest BCUT2D eigenvalue weighted by Gasteiger charge is -2.11. The van der Waals surface area contributed by atoms with Gasteiger partial charge in [-0.3, -0.25) is 4.79 Å². The largest absolute Gasteiger partial charge is 0.470 e. The molecule has 3 rings (SSSR count). The smallest absolute Gasteiger partial charge is 0.416 e. The lowest BCUT2D eigenvalue weighted by Crippen LogP contribution is -2.21. The molecule has 140 valence electrons. The molecule has 0 fully saturated rings. The van der Waals surface area contributed by atoms with Crippen molar-refractivity contribution in [1.29, 1.82) is 0 Å². The normalized spacial score (nSPS) is 11.4. The molecule has 6 nitrogen and oxygen atoms in total. The number of hydrogen-bond donors (Lipinski definition) is 1. The van der Waals surface area contributed by atoms with Crippen molar-refractivity contribution in [3.05, 3.63) is 72.3 Å². The molecule has 0 saturated heterocycles. The Balaban J connectivity index is 1.81. The van der Waals surface area contributed by atoms with Crippen molar-refractivity contribution in [1.82, 2.24) is 19.7 Å². The van der Waals surface area contributed by atoms with Gasteiger partial charge >= 0.3 is 6.18 Å². The van der Waals surface area contributed by atoms with Crippen molar-refractivity contribution in [3.8, 4) is 5.88 Å². The van der Waals surface area contributed by atoms with E-state index in [9.17, 15) is 18.0 Å². The summed E-state index contributed by atoms with van der Waals surface area (Å²) in [6, 6.07) is 4.88. The van der Waals surface area contributed by atoms with E-state index in [-0.39, 0.29) is 24.9 Å². The van der Waals surface area contributed by atoms with E-state index in [2.05, 4.69) is 21.9 Å². The van der Waals surface area contributed by atoms with Gasteiger partial charge in [-0.05, 0) is 23.8 Å². The molecule has 3 aromatic rings. The first kappa shape index (κ1) is 18.4. The fourth-order valence-electron chi connectivity index (χ4n) is 2.37. The van der Waals surface area contributed by atoms with E-state index >= 15 is 0 Å². The summed E-state index contributed by atoms with van der Waals surface area (Å²) in [5.74, 6) is -0.197. The Morgan fingerprint density at radius 1 is 1.37 bits per heavy atom. The summed E-state index contributed by atoms with van der Waals surface area (Å²) in [4.78, 5) is 19.7. The molecule has 0 bridgehead atoms.